The summed E-state index contributed by atoms with van der Waals surface area (Å²) in [5.74, 6) is 1.64. The van der Waals surface area contributed by atoms with Gasteiger partial charge < -0.3 is 15.2 Å². The van der Waals surface area contributed by atoms with Gasteiger partial charge in [-0.15, -0.1) is 0 Å². The van der Waals surface area contributed by atoms with Gasteiger partial charge >= 0.3 is 0 Å². The SMILES string of the molecule is COc1cccc(COc2ccc(CN)cc2Br)c1. The molecule has 0 atom stereocenters. The second-order valence-electron chi connectivity index (χ2n) is 4.11. The molecule has 0 unspecified atom stereocenters. The van der Waals surface area contributed by atoms with Gasteiger partial charge in [-0.3, -0.25) is 0 Å². The van der Waals surface area contributed by atoms with Gasteiger partial charge in [-0.25, -0.2) is 0 Å². The Labute approximate surface area is 121 Å². The van der Waals surface area contributed by atoms with Crippen molar-refractivity contribution < 1.29 is 9.47 Å². The van der Waals surface area contributed by atoms with Gasteiger partial charge in [0.2, 0.25) is 0 Å². The molecule has 0 spiro atoms. The third kappa shape index (κ3) is 3.72. The molecule has 0 amide bonds. The second kappa shape index (κ2) is 6.59. The van der Waals surface area contributed by atoms with Crippen LogP contribution in [0.5, 0.6) is 11.5 Å². The average Bonchev–Trinajstić information content (AvgIpc) is 2.46. The molecular formula is C15H16BrNO2. The summed E-state index contributed by atoms with van der Waals surface area (Å²) in [6, 6.07) is 13.7. The summed E-state index contributed by atoms with van der Waals surface area (Å²) in [5.41, 5.74) is 7.72. The highest BCUT2D eigenvalue weighted by Crippen LogP contribution is 2.27. The summed E-state index contributed by atoms with van der Waals surface area (Å²) in [7, 11) is 1.65. The molecule has 0 fully saturated rings. The quantitative estimate of drug-likeness (QED) is 0.916. The zero-order chi connectivity index (χ0) is 13.7. The maximum atomic E-state index is 5.78. The van der Waals surface area contributed by atoms with E-state index in [9.17, 15) is 0 Å². The van der Waals surface area contributed by atoms with Crippen LogP contribution in [0.25, 0.3) is 0 Å². The maximum absolute atomic E-state index is 5.78. The topological polar surface area (TPSA) is 44.5 Å². The maximum Gasteiger partial charge on any atom is 0.134 e. The minimum absolute atomic E-state index is 0.498. The molecule has 2 aromatic rings. The molecule has 3 nitrogen and oxygen atoms in total. The van der Waals surface area contributed by atoms with Crippen LogP contribution < -0.4 is 15.2 Å². The van der Waals surface area contributed by atoms with E-state index in [1.807, 2.05) is 42.5 Å². The monoisotopic (exact) mass is 321 g/mol. The van der Waals surface area contributed by atoms with Gasteiger partial charge in [0.25, 0.3) is 0 Å². The zero-order valence-electron chi connectivity index (χ0n) is 10.7. The van der Waals surface area contributed by atoms with Gasteiger partial charge in [-0.2, -0.15) is 0 Å². The summed E-state index contributed by atoms with van der Waals surface area (Å²) in [4.78, 5) is 0. The lowest BCUT2D eigenvalue weighted by atomic mass is 10.2. The minimum Gasteiger partial charge on any atom is -0.497 e. The van der Waals surface area contributed by atoms with Crippen LogP contribution in [0.4, 0.5) is 0 Å². The number of nitrogens with two attached hydrogens (primary N) is 1. The van der Waals surface area contributed by atoms with Crippen LogP contribution in [0.3, 0.4) is 0 Å². The van der Waals surface area contributed by atoms with E-state index in [0.717, 1.165) is 27.1 Å². The lowest BCUT2D eigenvalue weighted by Gasteiger charge is -2.10. The fraction of sp³-hybridized carbons (Fsp3) is 0.200. The highest BCUT2D eigenvalue weighted by atomic mass is 79.9. The molecular weight excluding hydrogens is 306 g/mol. The summed E-state index contributed by atoms with van der Waals surface area (Å²) in [6.45, 7) is 1.02. The molecule has 0 bridgehead atoms. The first-order chi connectivity index (χ1) is 9.22. The molecule has 0 saturated carbocycles. The van der Waals surface area contributed by atoms with Crippen molar-refractivity contribution in [3.8, 4) is 11.5 Å². The fourth-order valence-corrected chi connectivity index (χ4v) is 2.25. The van der Waals surface area contributed by atoms with E-state index in [-0.39, 0.29) is 0 Å². The third-order valence-corrected chi connectivity index (χ3v) is 3.38. The fourth-order valence-electron chi connectivity index (χ4n) is 1.71. The Bertz CT molecular complexity index is 558. The van der Waals surface area contributed by atoms with Crippen molar-refractivity contribution in [1.29, 1.82) is 0 Å². The molecule has 0 aliphatic heterocycles. The van der Waals surface area contributed by atoms with Crippen molar-refractivity contribution in [2.45, 2.75) is 13.2 Å². The predicted molar refractivity (Wildman–Crippen MR) is 79.4 cm³/mol. The predicted octanol–water partition coefficient (Wildman–Crippen LogP) is 3.50. The Morgan fingerprint density at radius 3 is 2.63 bits per heavy atom. The number of halogens is 1. The van der Waals surface area contributed by atoms with Crippen LogP contribution in [-0.2, 0) is 13.2 Å². The van der Waals surface area contributed by atoms with Gasteiger partial charge in [-0.1, -0.05) is 18.2 Å². The Kier molecular flexibility index (Phi) is 4.82. The lowest BCUT2D eigenvalue weighted by Crippen LogP contribution is -1.99. The summed E-state index contributed by atoms with van der Waals surface area (Å²) in [6.07, 6.45) is 0. The first kappa shape index (κ1) is 13.9. The van der Waals surface area contributed by atoms with Crippen molar-refractivity contribution in [2.24, 2.45) is 5.73 Å². The van der Waals surface area contributed by atoms with Gasteiger partial charge in [0.15, 0.2) is 0 Å². The molecule has 4 heteroatoms. The third-order valence-electron chi connectivity index (χ3n) is 2.76. The van der Waals surface area contributed by atoms with Crippen molar-refractivity contribution in [3.05, 3.63) is 58.1 Å². The summed E-state index contributed by atoms with van der Waals surface area (Å²) in [5, 5.41) is 0. The van der Waals surface area contributed by atoms with Crippen LogP contribution >= 0.6 is 15.9 Å². The van der Waals surface area contributed by atoms with Crippen molar-refractivity contribution >= 4 is 15.9 Å². The van der Waals surface area contributed by atoms with Crippen LogP contribution in [-0.4, -0.2) is 7.11 Å². The van der Waals surface area contributed by atoms with E-state index >= 15 is 0 Å². The molecule has 0 aliphatic rings. The molecule has 19 heavy (non-hydrogen) atoms. The number of benzene rings is 2. The Morgan fingerprint density at radius 2 is 1.95 bits per heavy atom. The van der Waals surface area contributed by atoms with E-state index in [1.54, 1.807) is 7.11 Å². The van der Waals surface area contributed by atoms with Crippen LogP contribution in [0.2, 0.25) is 0 Å². The van der Waals surface area contributed by atoms with Gasteiger partial charge in [0.05, 0.1) is 11.6 Å². The molecule has 100 valence electrons. The van der Waals surface area contributed by atoms with Crippen LogP contribution in [0, 0.1) is 0 Å². The van der Waals surface area contributed by atoms with Gasteiger partial charge in [-0.05, 0) is 51.3 Å². The molecule has 0 aromatic heterocycles. The lowest BCUT2D eigenvalue weighted by molar-refractivity contribution is 0.303. The van der Waals surface area contributed by atoms with Crippen molar-refractivity contribution in [2.75, 3.05) is 7.11 Å². The first-order valence-corrected chi connectivity index (χ1v) is 6.76. The Hall–Kier alpha value is -1.52. The molecule has 2 aromatic carbocycles. The van der Waals surface area contributed by atoms with E-state index in [1.165, 1.54) is 0 Å². The van der Waals surface area contributed by atoms with Gasteiger partial charge in [0.1, 0.15) is 18.1 Å². The molecule has 0 radical (unpaired) electrons. The number of methoxy groups -OCH3 is 1. The van der Waals surface area contributed by atoms with E-state index in [2.05, 4.69) is 15.9 Å². The van der Waals surface area contributed by atoms with E-state index in [4.69, 9.17) is 15.2 Å². The minimum atomic E-state index is 0.498. The number of ether oxygens (including phenoxy) is 2. The summed E-state index contributed by atoms with van der Waals surface area (Å²) < 4.78 is 11.9. The number of hydrogen-bond donors (Lipinski definition) is 1. The van der Waals surface area contributed by atoms with Crippen molar-refractivity contribution in [3.63, 3.8) is 0 Å². The largest absolute Gasteiger partial charge is 0.497 e. The van der Waals surface area contributed by atoms with Crippen molar-refractivity contribution in [1.82, 2.24) is 0 Å². The Morgan fingerprint density at radius 1 is 1.11 bits per heavy atom. The average molecular weight is 322 g/mol. The number of rotatable bonds is 5. The summed E-state index contributed by atoms with van der Waals surface area (Å²) >= 11 is 3.48. The normalized spacial score (nSPS) is 10.3. The van der Waals surface area contributed by atoms with Gasteiger partial charge in [0, 0.05) is 6.54 Å². The van der Waals surface area contributed by atoms with E-state index < -0.39 is 0 Å². The standard InChI is InChI=1S/C15H16BrNO2/c1-18-13-4-2-3-12(7-13)10-19-15-6-5-11(9-17)8-14(15)16/h2-8H,9-10,17H2,1H3. The molecule has 2 rings (SSSR count). The highest BCUT2D eigenvalue weighted by Gasteiger charge is 2.03. The first-order valence-electron chi connectivity index (χ1n) is 5.97. The second-order valence-corrected chi connectivity index (χ2v) is 4.96. The molecule has 0 heterocycles. The number of hydrogen-bond acceptors (Lipinski definition) is 3. The van der Waals surface area contributed by atoms with E-state index in [0.29, 0.717) is 13.2 Å². The molecule has 2 N–H and O–H groups in total. The molecule has 0 saturated heterocycles. The van der Waals surface area contributed by atoms with Crippen LogP contribution in [0.1, 0.15) is 11.1 Å². The van der Waals surface area contributed by atoms with Crippen LogP contribution in [0.15, 0.2) is 46.9 Å². The highest BCUT2D eigenvalue weighted by molar-refractivity contribution is 9.10. The smallest absolute Gasteiger partial charge is 0.134 e. The molecule has 0 aliphatic carbocycles. The zero-order valence-corrected chi connectivity index (χ0v) is 12.3. The Balaban J connectivity index is 2.05.